The molecular formula is C7H11NO2. The lowest BCUT2D eigenvalue weighted by molar-refractivity contribution is -0.120. The normalized spacial score (nSPS) is 50.5. The molecule has 1 amide bonds. The number of hydrogen-bond acceptors (Lipinski definition) is 2. The summed E-state index contributed by atoms with van der Waals surface area (Å²) in [5.41, 5.74) is 5.10. The van der Waals surface area contributed by atoms with Crippen molar-refractivity contribution in [1.29, 1.82) is 0 Å². The summed E-state index contributed by atoms with van der Waals surface area (Å²) in [4.78, 5) is 10.6. The Morgan fingerprint density at radius 1 is 1.50 bits per heavy atom. The predicted octanol–water partition coefficient (Wildman–Crippen LogP) is -0.511. The molecule has 3 heteroatoms. The summed E-state index contributed by atoms with van der Waals surface area (Å²) in [6.07, 6.45) is 1.60. The molecule has 0 radical (unpaired) electrons. The minimum atomic E-state index is -0.248. The molecule has 0 aromatic carbocycles. The topological polar surface area (TPSA) is 63.3 Å². The van der Waals surface area contributed by atoms with Gasteiger partial charge < -0.3 is 10.8 Å². The van der Waals surface area contributed by atoms with Gasteiger partial charge in [0.2, 0.25) is 5.91 Å². The van der Waals surface area contributed by atoms with E-state index < -0.39 is 0 Å². The summed E-state index contributed by atoms with van der Waals surface area (Å²) in [7, 11) is 0. The van der Waals surface area contributed by atoms with Gasteiger partial charge in [-0.05, 0) is 18.8 Å². The molecule has 56 valence electrons. The Kier molecular flexibility index (Phi) is 1.06. The molecule has 0 aromatic heterocycles. The fourth-order valence-corrected chi connectivity index (χ4v) is 2.25. The Morgan fingerprint density at radius 3 is 2.50 bits per heavy atom. The molecule has 4 unspecified atom stereocenters. The molecule has 2 rings (SSSR count). The Hall–Kier alpha value is -0.570. The van der Waals surface area contributed by atoms with Crippen molar-refractivity contribution >= 4 is 5.91 Å². The van der Waals surface area contributed by atoms with E-state index in [-0.39, 0.29) is 23.8 Å². The summed E-state index contributed by atoms with van der Waals surface area (Å²) in [6.45, 7) is 0. The van der Waals surface area contributed by atoms with Crippen molar-refractivity contribution in [3.63, 3.8) is 0 Å². The second-order valence-corrected chi connectivity index (χ2v) is 3.31. The van der Waals surface area contributed by atoms with Gasteiger partial charge in [0.15, 0.2) is 0 Å². The fraction of sp³-hybridized carbons (Fsp3) is 0.857. The number of hydrogen-bond donors (Lipinski definition) is 2. The molecule has 0 spiro atoms. The summed E-state index contributed by atoms with van der Waals surface area (Å²) >= 11 is 0. The Bertz CT molecular complexity index is 180. The maximum Gasteiger partial charge on any atom is 0.221 e. The maximum atomic E-state index is 10.6. The first-order valence-electron chi connectivity index (χ1n) is 3.69. The first-order chi connectivity index (χ1) is 4.72. The lowest BCUT2D eigenvalue weighted by atomic mass is 10.1. The highest BCUT2D eigenvalue weighted by Gasteiger charge is 2.60. The molecule has 0 aromatic rings. The average molecular weight is 141 g/mol. The standard InChI is InChI=1S/C7H11NO2/c8-7(10)6-3-1-2-4(9)5(3)6/h3-6,9H,1-2H2,(H2,8,10). The van der Waals surface area contributed by atoms with Crippen molar-refractivity contribution in [1.82, 2.24) is 0 Å². The van der Waals surface area contributed by atoms with E-state index in [9.17, 15) is 9.90 Å². The number of carbonyl (C=O) groups is 1. The molecule has 2 aliphatic carbocycles. The van der Waals surface area contributed by atoms with E-state index in [2.05, 4.69) is 0 Å². The number of aliphatic hydroxyl groups is 1. The van der Waals surface area contributed by atoms with Crippen molar-refractivity contribution in [2.24, 2.45) is 23.5 Å². The minimum Gasteiger partial charge on any atom is -0.393 e. The molecule has 2 saturated carbocycles. The van der Waals surface area contributed by atoms with Gasteiger partial charge in [-0.3, -0.25) is 4.79 Å². The average Bonchev–Trinajstić information content (AvgIpc) is 2.48. The number of amides is 1. The van der Waals surface area contributed by atoms with Crippen LogP contribution < -0.4 is 5.73 Å². The second-order valence-electron chi connectivity index (χ2n) is 3.31. The van der Waals surface area contributed by atoms with Crippen LogP contribution in [0.1, 0.15) is 12.8 Å². The van der Waals surface area contributed by atoms with Gasteiger partial charge >= 0.3 is 0 Å². The van der Waals surface area contributed by atoms with Crippen LogP contribution in [0, 0.1) is 17.8 Å². The van der Waals surface area contributed by atoms with Gasteiger partial charge in [-0.25, -0.2) is 0 Å². The van der Waals surface area contributed by atoms with Gasteiger partial charge in [0.1, 0.15) is 0 Å². The van der Waals surface area contributed by atoms with E-state index in [1.165, 1.54) is 0 Å². The van der Waals surface area contributed by atoms with Crippen LogP contribution in [-0.2, 0) is 4.79 Å². The van der Waals surface area contributed by atoms with Gasteiger partial charge in [0.25, 0.3) is 0 Å². The van der Waals surface area contributed by atoms with E-state index in [4.69, 9.17) is 5.73 Å². The van der Waals surface area contributed by atoms with Crippen LogP contribution in [0.2, 0.25) is 0 Å². The van der Waals surface area contributed by atoms with Crippen LogP contribution in [0.3, 0.4) is 0 Å². The lowest BCUT2D eigenvalue weighted by Gasteiger charge is -2.03. The fourth-order valence-electron chi connectivity index (χ4n) is 2.25. The van der Waals surface area contributed by atoms with E-state index in [0.29, 0.717) is 5.92 Å². The largest absolute Gasteiger partial charge is 0.393 e. The number of rotatable bonds is 1. The zero-order chi connectivity index (χ0) is 7.30. The van der Waals surface area contributed by atoms with Crippen molar-refractivity contribution in [2.75, 3.05) is 0 Å². The number of carbonyl (C=O) groups excluding carboxylic acids is 1. The highest BCUT2D eigenvalue weighted by Crippen LogP contribution is 2.57. The first-order valence-corrected chi connectivity index (χ1v) is 3.69. The third-order valence-electron chi connectivity index (χ3n) is 2.80. The Morgan fingerprint density at radius 2 is 2.20 bits per heavy atom. The molecule has 0 saturated heterocycles. The molecule has 0 aliphatic heterocycles. The number of nitrogens with two attached hydrogens (primary N) is 1. The lowest BCUT2D eigenvalue weighted by Crippen LogP contribution is -2.19. The van der Waals surface area contributed by atoms with Crippen molar-refractivity contribution in [3.8, 4) is 0 Å². The van der Waals surface area contributed by atoms with E-state index in [1.54, 1.807) is 0 Å². The Balaban J connectivity index is 2.05. The van der Waals surface area contributed by atoms with Gasteiger partial charge in [0.05, 0.1) is 6.10 Å². The zero-order valence-electron chi connectivity index (χ0n) is 5.66. The molecule has 0 heterocycles. The summed E-state index contributed by atoms with van der Waals surface area (Å²) in [5.74, 6) is 0.419. The highest BCUT2D eigenvalue weighted by molar-refractivity contribution is 5.80. The van der Waals surface area contributed by atoms with Crippen molar-refractivity contribution < 1.29 is 9.90 Å². The molecule has 3 N–H and O–H groups in total. The van der Waals surface area contributed by atoms with Gasteiger partial charge in [-0.1, -0.05) is 0 Å². The molecule has 3 nitrogen and oxygen atoms in total. The molecular weight excluding hydrogens is 130 g/mol. The molecule has 4 atom stereocenters. The van der Waals surface area contributed by atoms with Crippen LogP contribution in [-0.4, -0.2) is 17.1 Å². The van der Waals surface area contributed by atoms with Crippen molar-refractivity contribution in [3.05, 3.63) is 0 Å². The monoisotopic (exact) mass is 141 g/mol. The smallest absolute Gasteiger partial charge is 0.221 e. The molecule has 2 aliphatic rings. The minimum absolute atomic E-state index is 0.00347. The van der Waals surface area contributed by atoms with Crippen molar-refractivity contribution in [2.45, 2.75) is 18.9 Å². The Labute approximate surface area is 59.2 Å². The van der Waals surface area contributed by atoms with Gasteiger partial charge in [-0.2, -0.15) is 0 Å². The van der Waals surface area contributed by atoms with Crippen LogP contribution in [0.4, 0.5) is 0 Å². The second kappa shape index (κ2) is 1.72. The van der Waals surface area contributed by atoms with E-state index >= 15 is 0 Å². The highest BCUT2D eigenvalue weighted by atomic mass is 16.3. The molecule has 10 heavy (non-hydrogen) atoms. The van der Waals surface area contributed by atoms with E-state index in [1.807, 2.05) is 0 Å². The first kappa shape index (κ1) is 6.16. The number of fused-ring (bicyclic) bond motifs is 1. The van der Waals surface area contributed by atoms with Gasteiger partial charge in [0, 0.05) is 11.8 Å². The third-order valence-corrected chi connectivity index (χ3v) is 2.80. The summed E-state index contributed by atoms with van der Waals surface area (Å²) in [6, 6.07) is 0. The molecule has 2 fully saturated rings. The van der Waals surface area contributed by atoms with Gasteiger partial charge in [-0.15, -0.1) is 0 Å². The number of aliphatic hydroxyl groups excluding tert-OH is 1. The zero-order valence-corrected chi connectivity index (χ0v) is 5.66. The number of primary amides is 1. The van der Waals surface area contributed by atoms with Crippen LogP contribution in [0.25, 0.3) is 0 Å². The molecule has 0 bridgehead atoms. The van der Waals surface area contributed by atoms with Crippen LogP contribution >= 0.6 is 0 Å². The summed E-state index contributed by atoms with van der Waals surface area (Å²) in [5, 5.41) is 9.25. The van der Waals surface area contributed by atoms with E-state index in [0.717, 1.165) is 12.8 Å². The summed E-state index contributed by atoms with van der Waals surface area (Å²) < 4.78 is 0. The maximum absolute atomic E-state index is 10.6. The quantitative estimate of drug-likeness (QED) is 0.516. The van der Waals surface area contributed by atoms with Crippen LogP contribution in [0.15, 0.2) is 0 Å². The SMILES string of the molecule is NC(=O)C1C2CCC(O)C21. The predicted molar refractivity (Wildman–Crippen MR) is 34.9 cm³/mol. The third kappa shape index (κ3) is 0.611. The van der Waals surface area contributed by atoms with Crippen LogP contribution in [0.5, 0.6) is 0 Å².